The average Bonchev–Trinajstić information content (AvgIpc) is 3.26. The maximum absolute atomic E-state index is 13.0. The normalized spacial score (nSPS) is 21.3. The van der Waals surface area contributed by atoms with Gasteiger partial charge in [0.05, 0.1) is 5.60 Å². The molecule has 6 rings (SSSR count). The molecule has 3 aromatic rings. The van der Waals surface area contributed by atoms with Crippen molar-refractivity contribution in [2.75, 3.05) is 13.1 Å². The lowest BCUT2D eigenvalue weighted by Gasteiger charge is -2.39. The first-order valence-corrected chi connectivity index (χ1v) is 13.3. The molecule has 0 bridgehead atoms. The fourth-order valence-electron chi connectivity index (χ4n) is 6.03. The van der Waals surface area contributed by atoms with Gasteiger partial charge < -0.3 is 10.0 Å². The SMILES string of the molecule is O=C1CCC(N2Cc3cc(C4(O)CCN(Cc5ccccc5-c5ccccc5)CC4)ccc3C2=O)C(=O)N1. The molecule has 7 heteroatoms. The predicted octanol–water partition coefficient (Wildman–Crippen LogP) is 3.60. The second kappa shape index (κ2) is 9.82. The number of likely N-dealkylation sites (tertiary alicyclic amines) is 1. The summed E-state index contributed by atoms with van der Waals surface area (Å²) in [6.45, 7) is 2.66. The zero-order valence-corrected chi connectivity index (χ0v) is 21.2. The van der Waals surface area contributed by atoms with Crippen LogP contribution < -0.4 is 5.32 Å². The van der Waals surface area contributed by atoms with Gasteiger partial charge in [-0.05, 0) is 53.1 Å². The van der Waals surface area contributed by atoms with Crippen molar-refractivity contribution in [2.45, 2.75) is 50.4 Å². The van der Waals surface area contributed by atoms with Crippen LogP contribution in [0.25, 0.3) is 11.1 Å². The van der Waals surface area contributed by atoms with E-state index in [-0.39, 0.29) is 18.2 Å². The van der Waals surface area contributed by atoms with Gasteiger partial charge in [-0.3, -0.25) is 24.6 Å². The Bertz CT molecular complexity index is 1400. The van der Waals surface area contributed by atoms with E-state index in [1.54, 1.807) is 11.0 Å². The molecule has 0 saturated carbocycles. The number of amides is 3. The van der Waals surface area contributed by atoms with Crippen LogP contribution in [0.15, 0.2) is 72.8 Å². The Hall–Kier alpha value is -3.81. The van der Waals surface area contributed by atoms with Crippen LogP contribution in [-0.2, 0) is 28.3 Å². The maximum atomic E-state index is 13.0. The molecule has 3 aliphatic rings. The smallest absolute Gasteiger partial charge is 0.255 e. The van der Waals surface area contributed by atoms with Crippen molar-refractivity contribution in [3.63, 3.8) is 0 Å². The van der Waals surface area contributed by atoms with Gasteiger partial charge in [-0.1, -0.05) is 66.7 Å². The van der Waals surface area contributed by atoms with Crippen molar-refractivity contribution in [1.29, 1.82) is 0 Å². The Morgan fingerprint density at radius 1 is 0.895 bits per heavy atom. The first kappa shape index (κ1) is 24.5. The van der Waals surface area contributed by atoms with Crippen molar-refractivity contribution in [3.8, 4) is 11.1 Å². The van der Waals surface area contributed by atoms with Gasteiger partial charge in [0, 0.05) is 38.2 Å². The van der Waals surface area contributed by atoms with Gasteiger partial charge in [0.15, 0.2) is 0 Å². The van der Waals surface area contributed by atoms with E-state index in [1.807, 2.05) is 18.2 Å². The fourth-order valence-corrected chi connectivity index (χ4v) is 6.03. The van der Waals surface area contributed by atoms with Crippen LogP contribution in [0.5, 0.6) is 0 Å². The minimum absolute atomic E-state index is 0.195. The van der Waals surface area contributed by atoms with Gasteiger partial charge in [0.2, 0.25) is 11.8 Å². The molecule has 0 aromatic heterocycles. The summed E-state index contributed by atoms with van der Waals surface area (Å²) in [6.07, 6.45) is 1.77. The third-order valence-corrected chi connectivity index (χ3v) is 8.24. The zero-order valence-electron chi connectivity index (χ0n) is 21.2. The van der Waals surface area contributed by atoms with Crippen molar-refractivity contribution in [2.24, 2.45) is 0 Å². The summed E-state index contributed by atoms with van der Waals surface area (Å²) in [5.74, 6) is -0.905. The van der Waals surface area contributed by atoms with Crippen molar-refractivity contribution in [3.05, 3.63) is 95.1 Å². The Labute approximate surface area is 222 Å². The monoisotopic (exact) mass is 509 g/mol. The predicted molar refractivity (Wildman–Crippen MR) is 143 cm³/mol. The van der Waals surface area contributed by atoms with Gasteiger partial charge in [-0.15, -0.1) is 0 Å². The number of carbonyl (C=O) groups excluding carboxylic acids is 3. The van der Waals surface area contributed by atoms with E-state index < -0.39 is 17.6 Å². The molecule has 38 heavy (non-hydrogen) atoms. The van der Waals surface area contributed by atoms with Crippen LogP contribution >= 0.6 is 0 Å². The van der Waals surface area contributed by atoms with Crippen molar-refractivity contribution >= 4 is 17.7 Å². The summed E-state index contributed by atoms with van der Waals surface area (Å²) in [6, 6.07) is 23.8. The van der Waals surface area contributed by atoms with Crippen LogP contribution in [-0.4, -0.2) is 51.8 Å². The first-order chi connectivity index (χ1) is 18.4. The standard InChI is InChI=1S/C31H31N3O4/c35-28-13-12-27(29(36)32-28)34-20-23-18-24(10-11-26(23)30(34)37)31(38)14-16-33(17-15-31)19-22-8-4-5-9-25(22)21-6-2-1-3-7-21/h1-11,18,27,38H,12-17,19-20H2,(H,32,35,36). The molecular weight excluding hydrogens is 478 g/mol. The topological polar surface area (TPSA) is 90.0 Å². The second-order valence-electron chi connectivity index (χ2n) is 10.6. The highest BCUT2D eigenvalue weighted by Gasteiger charge is 2.40. The number of nitrogens with one attached hydrogen (secondary N) is 1. The molecule has 0 spiro atoms. The maximum Gasteiger partial charge on any atom is 0.255 e. The molecule has 3 aliphatic heterocycles. The Morgan fingerprint density at radius 2 is 1.63 bits per heavy atom. The molecule has 1 atom stereocenters. The quantitative estimate of drug-likeness (QED) is 0.513. The number of aliphatic hydroxyl groups is 1. The van der Waals surface area contributed by atoms with E-state index in [9.17, 15) is 19.5 Å². The van der Waals surface area contributed by atoms with E-state index >= 15 is 0 Å². The molecule has 2 fully saturated rings. The molecule has 194 valence electrons. The summed E-state index contributed by atoms with van der Waals surface area (Å²) in [5.41, 5.74) is 4.96. The molecule has 7 nitrogen and oxygen atoms in total. The number of piperidine rings is 2. The van der Waals surface area contributed by atoms with Gasteiger partial charge in [0.1, 0.15) is 6.04 Å². The number of fused-ring (bicyclic) bond motifs is 1. The van der Waals surface area contributed by atoms with Crippen LogP contribution in [0.4, 0.5) is 0 Å². The third-order valence-electron chi connectivity index (χ3n) is 8.24. The lowest BCUT2D eigenvalue weighted by Crippen LogP contribution is -2.52. The molecule has 3 aromatic carbocycles. The van der Waals surface area contributed by atoms with Gasteiger partial charge in [-0.2, -0.15) is 0 Å². The number of imide groups is 1. The molecule has 1 unspecified atom stereocenters. The van der Waals surface area contributed by atoms with Crippen LogP contribution in [0.1, 0.15) is 52.7 Å². The summed E-state index contributed by atoms with van der Waals surface area (Å²) in [7, 11) is 0. The lowest BCUT2D eigenvalue weighted by molar-refractivity contribution is -0.136. The second-order valence-corrected chi connectivity index (χ2v) is 10.6. The van der Waals surface area contributed by atoms with Gasteiger partial charge >= 0.3 is 0 Å². The Morgan fingerprint density at radius 3 is 2.39 bits per heavy atom. The highest BCUT2D eigenvalue weighted by atomic mass is 16.3. The first-order valence-electron chi connectivity index (χ1n) is 13.3. The van der Waals surface area contributed by atoms with Gasteiger partial charge in [0.25, 0.3) is 5.91 Å². The van der Waals surface area contributed by atoms with Crippen molar-refractivity contribution in [1.82, 2.24) is 15.1 Å². The number of rotatable bonds is 5. The van der Waals surface area contributed by atoms with Crippen LogP contribution in [0.3, 0.4) is 0 Å². The number of benzene rings is 3. The molecule has 0 radical (unpaired) electrons. The molecular formula is C31H31N3O4. The molecule has 2 N–H and O–H groups in total. The molecule has 0 aliphatic carbocycles. The Kier molecular flexibility index (Phi) is 6.33. The number of hydrogen-bond acceptors (Lipinski definition) is 5. The highest BCUT2D eigenvalue weighted by molar-refractivity contribution is 6.05. The minimum atomic E-state index is -0.963. The number of carbonyl (C=O) groups is 3. The number of hydrogen-bond donors (Lipinski definition) is 2. The lowest BCUT2D eigenvalue weighted by atomic mass is 9.83. The van der Waals surface area contributed by atoms with Crippen LogP contribution in [0, 0.1) is 0 Å². The van der Waals surface area contributed by atoms with E-state index in [1.165, 1.54) is 16.7 Å². The molecule has 2 saturated heterocycles. The molecule has 3 amide bonds. The molecule has 3 heterocycles. The zero-order chi connectivity index (χ0) is 26.3. The van der Waals surface area contributed by atoms with E-state index in [0.29, 0.717) is 31.4 Å². The summed E-state index contributed by atoms with van der Waals surface area (Å²) in [5, 5.41) is 14.0. The Balaban J connectivity index is 1.14. The summed E-state index contributed by atoms with van der Waals surface area (Å²) < 4.78 is 0. The van der Waals surface area contributed by atoms with Crippen molar-refractivity contribution < 1.29 is 19.5 Å². The van der Waals surface area contributed by atoms with E-state index in [0.717, 1.165) is 30.8 Å². The fraction of sp³-hybridized carbons (Fsp3) is 0.323. The van der Waals surface area contributed by atoms with Crippen LogP contribution in [0.2, 0.25) is 0 Å². The summed E-state index contributed by atoms with van der Waals surface area (Å²) >= 11 is 0. The minimum Gasteiger partial charge on any atom is -0.385 e. The van der Waals surface area contributed by atoms with Gasteiger partial charge in [-0.25, -0.2) is 0 Å². The van der Waals surface area contributed by atoms with E-state index in [4.69, 9.17) is 0 Å². The number of nitrogens with zero attached hydrogens (tertiary/aromatic N) is 2. The highest BCUT2D eigenvalue weighted by Crippen LogP contribution is 2.37. The van der Waals surface area contributed by atoms with E-state index in [2.05, 4.69) is 58.7 Å². The summed E-state index contributed by atoms with van der Waals surface area (Å²) in [4.78, 5) is 40.8. The average molecular weight is 510 g/mol. The largest absolute Gasteiger partial charge is 0.385 e. The third kappa shape index (κ3) is 4.52.